The fraction of sp³-hybridized carbons (Fsp3) is 0.686. The van der Waals surface area contributed by atoms with Crippen LogP contribution in [0.4, 0.5) is 0 Å². The van der Waals surface area contributed by atoms with Crippen molar-refractivity contribution in [3.05, 3.63) is 28.3 Å². The molecule has 6 aliphatic rings. The highest BCUT2D eigenvalue weighted by molar-refractivity contribution is 6.11. The molecule has 0 unspecified atom stereocenters. The molecular formula is C35H46O11. The number of carbonyl (C=O) groups excluding carboxylic acids is 2. The molecule has 4 bridgehead atoms. The maximum absolute atomic E-state index is 15.2. The van der Waals surface area contributed by atoms with E-state index >= 15 is 4.79 Å². The van der Waals surface area contributed by atoms with E-state index in [1.165, 1.54) is 27.2 Å². The van der Waals surface area contributed by atoms with Crippen LogP contribution in [0.1, 0.15) is 96.1 Å². The Balaban J connectivity index is 1.69. The number of fused-ring (bicyclic) bond motifs is 3. The van der Waals surface area contributed by atoms with Gasteiger partial charge in [0.1, 0.15) is 35.0 Å². The first-order valence-corrected chi connectivity index (χ1v) is 16.0. The van der Waals surface area contributed by atoms with Crippen LogP contribution < -0.4 is 9.47 Å². The lowest BCUT2D eigenvalue weighted by Gasteiger charge is -2.65. The molecule has 11 heteroatoms. The molecule has 3 aliphatic heterocycles. The SMILES string of the molecule is CO[C@H]1[C@@H]2C(=O)c3c(O)c(CCC(C)(C)O)c4c(c3O[C@]23[C@@H]2C[C@@]1(OC)C(=O)[C@@]3(CC=C(C)C(=O)O)OC2(C)C)C(C)(C)[C@H](C)O4. The van der Waals surface area contributed by atoms with E-state index in [0.29, 0.717) is 16.9 Å². The predicted octanol–water partition coefficient (Wildman–Crippen LogP) is 4.06. The molecule has 0 radical (unpaired) electrons. The number of phenols is 1. The fourth-order valence-electron chi connectivity index (χ4n) is 9.12. The highest BCUT2D eigenvalue weighted by Gasteiger charge is 2.90. The number of aromatic hydroxyl groups is 1. The van der Waals surface area contributed by atoms with Gasteiger partial charge in [-0.2, -0.15) is 0 Å². The molecule has 0 aromatic heterocycles. The first-order valence-electron chi connectivity index (χ1n) is 16.0. The van der Waals surface area contributed by atoms with Gasteiger partial charge in [-0.25, -0.2) is 4.79 Å². The number of benzene rings is 1. The van der Waals surface area contributed by atoms with Crippen LogP contribution in [0.15, 0.2) is 11.6 Å². The van der Waals surface area contributed by atoms with Gasteiger partial charge in [0.05, 0.1) is 17.1 Å². The van der Waals surface area contributed by atoms with Crippen molar-refractivity contribution in [2.45, 2.75) is 127 Å². The number of aliphatic carboxylic acids is 1. The number of hydrogen-bond acceptors (Lipinski definition) is 10. The molecule has 252 valence electrons. The summed E-state index contributed by atoms with van der Waals surface area (Å²) in [5.74, 6) is -3.57. The van der Waals surface area contributed by atoms with Crippen LogP contribution in [-0.4, -0.2) is 87.3 Å². The molecule has 0 amide bonds. The molecule has 3 heterocycles. The zero-order valence-electron chi connectivity index (χ0n) is 28.3. The molecule has 1 spiro atoms. The third-order valence-corrected chi connectivity index (χ3v) is 11.8. The standard InChI is InChI=1S/C35H46O11/c1-16(28(38)39)11-14-34-29(40)33(43-10)15-19(32(7,8)46-34)35(34)21(27(33)42-9)24(37)20-23(36)18(12-13-30(3,4)41)25-22(26(20)45-35)31(5,6)17(2)44-25/h11,17,19,21,27,36,41H,12-15H2,1-10H3,(H,38,39)/t17-,19+,21-,27-,33-,34+,35+/m0/s1. The highest BCUT2D eigenvalue weighted by Crippen LogP contribution is 2.72. The van der Waals surface area contributed by atoms with E-state index in [0.717, 1.165) is 0 Å². The van der Waals surface area contributed by atoms with Crippen molar-refractivity contribution in [3.8, 4) is 17.2 Å². The van der Waals surface area contributed by atoms with Crippen LogP contribution in [-0.2, 0) is 35.6 Å². The number of carboxylic acids is 1. The van der Waals surface area contributed by atoms with Gasteiger partial charge >= 0.3 is 5.97 Å². The molecule has 1 aromatic rings. The first kappa shape index (κ1) is 32.9. The first-order chi connectivity index (χ1) is 21.2. The Morgan fingerprint density at radius 1 is 1.13 bits per heavy atom. The third kappa shape index (κ3) is 3.82. The van der Waals surface area contributed by atoms with E-state index in [-0.39, 0.29) is 54.4 Å². The summed E-state index contributed by atoms with van der Waals surface area (Å²) in [6.45, 7) is 14.3. The number of carbonyl (C=O) groups is 3. The van der Waals surface area contributed by atoms with Gasteiger partial charge in [0.15, 0.2) is 22.6 Å². The Bertz CT molecular complexity index is 1580. The average molecular weight is 643 g/mol. The largest absolute Gasteiger partial charge is 0.507 e. The second-order valence-corrected chi connectivity index (χ2v) is 15.5. The average Bonchev–Trinajstić information content (AvgIpc) is 3.27. The van der Waals surface area contributed by atoms with E-state index in [9.17, 15) is 24.9 Å². The lowest BCUT2D eigenvalue weighted by molar-refractivity contribution is -0.267. The molecule has 1 saturated heterocycles. The second kappa shape index (κ2) is 9.78. The summed E-state index contributed by atoms with van der Waals surface area (Å²) in [4.78, 5) is 42.0. The van der Waals surface area contributed by atoms with Gasteiger partial charge in [0.25, 0.3) is 0 Å². The number of carboxylic acid groups (broad SMARTS) is 1. The van der Waals surface area contributed by atoms with Crippen molar-refractivity contribution in [2.24, 2.45) is 11.8 Å². The Morgan fingerprint density at radius 3 is 2.35 bits per heavy atom. The molecule has 3 aliphatic carbocycles. The molecule has 7 rings (SSSR count). The van der Waals surface area contributed by atoms with Gasteiger partial charge in [-0.15, -0.1) is 0 Å². The Labute approximate surface area is 269 Å². The summed E-state index contributed by atoms with van der Waals surface area (Å²) in [6, 6.07) is 0. The number of hydrogen-bond donors (Lipinski definition) is 3. The second-order valence-electron chi connectivity index (χ2n) is 15.5. The normalized spacial score (nSPS) is 36.5. The highest BCUT2D eigenvalue weighted by atomic mass is 16.6. The number of ether oxygens (including phenoxy) is 5. The maximum Gasteiger partial charge on any atom is 0.330 e. The molecule has 7 atom stereocenters. The number of aliphatic hydroxyl groups is 1. The van der Waals surface area contributed by atoms with Crippen LogP contribution in [0.25, 0.3) is 0 Å². The molecule has 1 aromatic carbocycles. The van der Waals surface area contributed by atoms with Crippen molar-refractivity contribution in [3.63, 3.8) is 0 Å². The molecule has 11 nitrogen and oxygen atoms in total. The van der Waals surface area contributed by atoms with E-state index < -0.39 is 68.9 Å². The van der Waals surface area contributed by atoms with E-state index in [1.807, 2.05) is 34.6 Å². The molecular weight excluding hydrogens is 596 g/mol. The zero-order chi connectivity index (χ0) is 34.2. The Hall–Kier alpha value is -2.99. The van der Waals surface area contributed by atoms with E-state index in [4.69, 9.17) is 23.7 Å². The lowest BCUT2D eigenvalue weighted by atomic mass is 9.44. The third-order valence-electron chi connectivity index (χ3n) is 11.8. The number of ketones is 2. The van der Waals surface area contributed by atoms with Crippen LogP contribution in [0.3, 0.4) is 0 Å². The Kier molecular flexibility index (Phi) is 7.00. The summed E-state index contributed by atoms with van der Waals surface area (Å²) in [7, 11) is 2.82. The molecule has 46 heavy (non-hydrogen) atoms. The van der Waals surface area contributed by atoms with E-state index in [1.54, 1.807) is 13.8 Å². The minimum Gasteiger partial charge on any atom is -0.507 e. The monoisotopic (exact) mass is 642 g/mol. The van der Waals surface area contributed by atoms with Crippen molar-refractivity contribution < 1.29 is 53.4 Å². The quantitative estimate of drug-likeness (QED) is 0.351. The van der Waals surface area contributed by atoms with Crippen molar-refractivity contribution in [1.29, 1.82) is 0 Å². The van der Waals surface area contributed by atoms with Gasteiger partial charge < -0.3 is 39.0 Å². The molecule has 3 saturated carbocycles. The minimum absolute atomic E-state index is 0.0112. The van der Waals surface area contributed by atoms with Crippen molar-refractivity contribution in [2.75, 3.05) is 14.2 Å². The van der Waals surface area contributed by atoms with Crippen LogP contribution in [0, 0.1) is 11.8 Å². The maximum atomic E-state index is 15.2. The van der Waals surface area contributed by atoms with Crippen LogP contribution in [0.5, 0.6) is 17.2 Å². The number of methoxy groups -OCH3 is 2. The molecule has 3 N–H and O–H groups in total. The Morgan fingerprint density at radius 2 is 1.78 bits per heavy atom. The van der Waals surface area contributed by atoms with Gasteiger partial charge in [0, 0.05) is 48.7 Å². The summed E-state index contributed by atoms with van der Waals surface area (Å²) < 4.78 is 32.5. The smallest absolute Gasteiger partial charge is 0.330 e. The van der Waals surface area contributed by atoms with Crippen LogP contribution in [0.2, 0.25) is 0 Å². The zero-order valence-corrected chi connectivity index (χ0v) is 28.3. The number of rotatable bonds is 8. The predicted molar refractivity (Wildman–Crippen MR) is 165 cm³/mol. The van der Waals surface area contributed by atoms with Crippen LogP contribution >= 0.6 is 0 Å². The summed E-state index contributed by atoms with van der Waals surface area (Å²) in [6.07, 6.45) is 0.464. The minimum atomic E-state index is -1.82. The topological polar surface area (TPSA) is 158 Å². The van der Waals surface area contributed by atoms with Gasteiger partial charge in [-0.1, -0.05) is 19.9 Å². The van der Waals surface area contributed by atoms with Gasteiger partial charge in [-0.05, 0) is 60.8 Å². The van der Waals surface area contributed by atoms with Gasteiger partial charge in [0.2, 0.25) is 5.78 Å². The van der Waals surface area contributed by atoms with Crippen molar-refractivity contribution in [1.82, 2.24) is 0 Å². The van der Waals surface area contributed by atoms with Gasteiger partial charge in [-0.3, -0.25) is 9.59 Å². The number of Topliss-reactive ketones (excluding diaryl/α,β-unsaturated/α-hetero) is 2. The molecule has 4 fully saturated rings. The summed E-state index contributed by atoms with van der Waals surface area (Å²) >= 11 is 0. The van der Waals surface area contributed by atoms with Crippen molar-refractivity contribution >= 4 is 17.5 Å². The summed E-state index contributed by atoms with van der Waals surface area (Å²) in [5.41, 5.74) is -6.82. The fourth-order valence-corrected chi connectivity index (χ4v) is 9.12. The van der Waals surface area contributed by atoms with E-state index in [2.05, 4.69) is 0 Å². The number of phenolic OH excluding ortho intramolecular Hbond substituents is 1. The summed E-state index contributed by atoms with van der Waals surface area (Å²) in [5, 5.41) is 32.2. The lowest BCUT2D eigenvalue weighted by Crippen LogP contribution is -2.86.